The van der Waals surface area contributed by atoms with E-state index in [2.05, 4.69) is 265 Å². The molecule has 68 heavy (non-hydrogen) atoms. The number of rotatable bonds is 6. The molecule has 0 spiro atoms. The van der Waals surface area contributed by atoms with E-state index in [1.54, 1.807) is 0 Å². The second-order valence-corrected chi connectivity index (χ2v) is 21.9. The van der Waals surface area contributed by atoms with Crippen molar-refractivity contribution in [1.82, 2.24) is 19.1 Å². The molecule has 12 aromatic rings. The van der Waals surface area contributed by atoms with E-state index in [0.29, 0.717) is 0 Å². The van der Waals surface area contributed by atoms with E-state index in [1.807, 2.05) is 0 Å². The minimum absolute atomic E-state index is 0.0728. The molecule has 0 saturated carbocycles. The Morgan fingerprint density at radius 2 is 0.706 bits per heavy atom. The number of hydrogen-bond donors (Lipinski definition) is 0. The highest BCUT2D eigenvalue weighted by Crippen LogP contribution is 2.47. The van der Waals surface area contributed by atoms with Gasteiger partial charge in [0.25, 0.3) is 0 Å². The normalized spacial score (nSPS) is 12.4. The van der Waals surface area contributed by atoms with Gasteiger partial charge in [-0.3, -0.25) is 9.13 Å². The van der Waals surface area contributed by atoms with E-state index in [0.717, 1.165) is 76.3 Å². The highest BCUT2D eigenvalue weighted by atomic mass is 79.9. The van der Waals surface area contributed by atoms with Crippen molar-refractivity contribution in [1.29, 1.82) is 0 Å². The molecule has 6 heteroatoms. The second-order valence-electron chi connectivity index (χ2n) is 20.2. The predicted octanol–water partition coefficient (Wildman–Crippen LogP) is 18.0. The topological polar surface area (TPSA) is 35.6 Å². The van der Waals surface area contributed by atoms with E-state index < -0.39 is 0 Å². The van der Waals surface area contributed by atoms with Gasteiger partial charge in [0, 0.05) is 31.4 Å². The van der Waals surface area contributed by atoms with Crippen LogP contribution in [0.1, 0.15) is 52.7 Å². The highest BCUT2D eigenvalue weighted by Gasteiger charge is 2.22. The molecule has 330 valence electrons. The van der Waals surface area contributed by atoms with Crippen LogP contribution in [0.3, 0.4) is 0 Å². The average molecular weight is 1010 g/mol. The zero-order valence-electron chi connectivity index (χ0n) is 38.9. The zero-order chi connectivity index (χ0) is 46.6. The first-order valence-corrected chi connectivity index (χ1v) is 24.9. The van der Waals surface area contributed by atoms with Crippen LogP contribution < -0.4 is 0 Å². The Morgan fingerprint density at radius 3 is 1.07 bits per heavy atom. The SMILES string of the molecule is CC(C)(C)c1ccc(-n2c(-c3ccc(-c4cc(Br)c5ccc6c(Br)cc(-c7ccc(-c8nc9ccccc9n8-c8ccc(C(C)(C)C)cc8)cc7)c7ccc4c5c67)cc3)nc3ccccc32)cc1. The number of aromatic nitrogens is 4. The van der Waals surface area contributed by atoms with E-state index in [1.165, 1.54) is 54.6 Å². The smallest absolute Gasteiger partial charge is 0.145 e. The molecule has 0 fully saturated rings. The van der Waals surface area contributed by atoms with Gasteiger partial charge in [-0.25, -0.2) is 9.97 Å². The van der Waals surface area contributed by atoms with Gasteiger partial charge in [0.2, 0.25) is 0 Å². The van der Waals surface area contributed by atoms with Crippen molar-refractivity contribution in [3.05, 3.63) is 202 Å². The van der Waals surface area contributed by atoms with E-state index in [9.17, 15) is 0 Å². The van der Waals surface area contributed by atoms with Gasteiger partial charge in [0.15, 0.2) is 0 Å². The number of fused-ring (bicyclic) bond motifs is 2. The third-order valence-electron chi connectivity index (χ3n) is 13.8. The summed E-state index contributed by atoms with van der Waals surface area (Å²) in [5.41, 5.74) is 15.9. The Morgan fingerprint density at radius 1 is 0.368 bits per heavy atom. The lowest BCUT2D eigenvalue weighted by atomic mass is 9.87. The summed E-state index contributed by atoms with van der Waals surface area (Å²) in [6.45, 7) is 13.5. The fourth-order valence-corrected chi connectivity index (χ4v) is 11.3. The van der Waals surface area contributed by atoms with Gasteiger partial charge in [-0.05, 0) is 137 Å². The van der Waals surface area contributed by atoms with Gasteiger partial charge >= 0.3 is 0 Å². The summed E-state index contributed by atoms with van der Waals surface area (Å²) < 4.78 is 6.72. The lowest BCUT2D eigenvalue weighted by molar-refractivity contribution is 0.590. The molecule has 2 aromatic heterocycles. The van der Waals surface area contributed by atoms with Gasteiger partial charge in [0.05, 0.1) is 22.1 Å². The third kappa shape index (κ3) is 6.99. The first-order chi connectivity index (χ1) is 32.8. The van der Waals surface area contributed by atoms with Crippen LogP contribution in [0.25, 0.3) is 111 Å². The maximum atomic E-state index is 5.20. The number of para-hydroxylation sites is 4. The largest absolute Gasteiger partial charge is 0.292 e. The maximum Gasteiger partial charge on any atom is 0.145 e. The van der Waals surface area contributed by atoms with Crippen molar-refractivity contribution in [3.63, 3.8) is 0 Å². The van der Waals surface area contributed by atoms with Crippen LogP contribution in [0.15, 0.2) is 191 Å². The molecule has 4 nitrogen and oxygen atoms in total. The molecular weight excluding hydrogens is 961 g/mol. The Bertz CT molecular complexity index is 3640. The van der Waals surface area contributed by atoms with Crippen molar-refractivity contribution >= 4 is 86.2 Å². The van der Waals surface area contributed by atoms with Crippen molar-refractivity contribution in [2.75, 3.05) is 0 Å². The lowest BCUT2D eigenvalue weighted by Gasteiger charge is -2.20. The lowest BCUT2D eigenvalue weighted by Crippen LogP contribution is -2.11. The maximum absolute atomic E-state index is 5.20. The predicted molar refractivity (Wildman–Crippen MR) is 294 cm³/mol. The Hall–Kier alpha value is -6.86. The molecule has 0 saturated heterocycles. The van der Waals surface area contributed by atoms with E-state index >= 15 is 0 Å². The molecule has 0 atom stereocenters. The number of halogens is 2. The first-order valence-electron chi connectivity index (χ1n) is 23.3. The van der Waals surface area contributed by atoms with Gasteiger partial charge in [-0.15, -0.1) is 0 Å². The summed E-state index contributed by atoms with van der Waals surface area (Å²) in [6.07, 6.45) is 0. The summed E-state index contributed by atoms with van der Waals surface area (Å²) in [5, 5.41) is 7.32. The molecule has 0 amide bonds. The average Bonchev–Trinajstić information content (AvgIpc) is 3.93. The van der Waals surface area contributed by atoms with Crippen molar-refractivity contribution in [2.45, 2.75) is 52.4 Å². The van der Waals surface area contributed by atoms with Gasteiger partial charge < -0.3 is 0 Å². The summed E-state index contributed by atoms with van der Waals surface area (Å²) in [6, 6.07) is 66.3. The molecule has 0 aliphatic carbocycles. The highest BCUT2D eigenvalue weighted by molar-refractivity contribution is 9.11. The van der Waals surface area contributed by atoms with Gasteiger partial charge in [-0.2, -0.15) is 0 Å². The first kappa shape index (κ1) is 42.5. The quantitative estimate of drug-likeness (QED) is 0.156. The molecule has 0 aliphatic rings. The van der Waals surface area contributed by atoms with Crippen LogP contribution in [-0.2, 0) is 10.8 Å². The van der Waals surface area contributed by atoms with Crippen molar-refractivity contribution in [3.8, 4) is 56.4 Å². The van der Waals surface area contributed by atoms with Crippen LogP contribution in [0, 0.1) is 0 Å². The van der Waals surface area contributed by atoms with E-state index in [-0.39, 0.29) is 10.8 Å². The number of benzene rings is 10. The molecule has 0 N–H and O–H groups in total. The molecule has 10 aromatic carbocycles. The van der Waals surface area contributed by atoms with Gasteiger partial charge in [-0.1, -0.05) is 195 Å². The Balaban J connectivity index is 0.941. The van der Waals surface area contributed by atoms with Crippen molar-refractivity contribution in [2.24, 2.45) is 0 Å². The van der Waals surface area contributed by atoms with Gasteiger partial charge in [0.1, 0.15) is 11.6 Å². The van der Waals surface area contributed by atoms with Crippen LogP contribution in [0.5, 0.6) is 0 Å². The molecule has 12 rings (SSSR count). The van der Waals surface area contributed by atoms with E-state index in [4.69, 9.17) is 9.97 Å². The number of imidazole rings is 2. The summed E-state index contributed by atoms with van der Waals surface area (Å²) in [4.78, 5) is 10.4. The molecule has 0 aliphatic heterocycles. The summed E-state index contributed by atoms with van der Waals surface area (Å²) in [7, 11) is 0. The Labute approximate surface area is 413 Å². The third-order valence-corrected chi connectivity index (χ3v) is 15.1. The zero-order valence-corrected chi connectivity index (χ0v) is 42.0. The summed E-state index contributed by atoms with van der Waals surface area (Å²) in [5.74, 6) is 1.85. The fourth-order valence-electron chi connectivity index (χ4n) is 10.2. The molecule has 2 heterocycles. The van der Waals surface area contributed by atoms with Crippen LogP contribution in [0.2, 0.25) is 0 Å². The minimum Gasteiger partial charge on any atom is -0.292 e. The molecule has 0 radical (unpaired) electrons. The Kier molecular flexibility index (Phi) is 9.91. The molecular formula is C62H48Br2N4. The molecule has 0 bridgehead atoms. The number of nitrogens with zero attached hydrogens (tertiary/aromatic N) is 4. The van der Waals surface area contributed by atoms with Crippen LogP contribution in [-0.4, -0.2) is 19.1 Å². The standard InChI is InChI=1S/C62H48Br2N4/c1-61(2,3)41-23-27-43(28-24-41)67-55-13-9-7-11-53(55)65-59(67)39-19-15-37(16-20-39)49-35-51(63)47-33-34-48-52(64)36-50(46-32-31-45(49)57(47)58(46)48)38-17-21-40(22-18-38)60-66-54-12-8-10-14-56(54)68(60)44-29-25-42(26-30-44)62(4,5)6/h7-36H,1-6H3. The van der Waals surface area contributed by atoms with Crippen molar-refractivity contribution < 1.29 is 0 Å². The monoisotopic (exact) mass is 1010 g/mol. The minimum atomic E-state index is 0.0728. The second kappa shape index (κ2) is 15.9. The molecule has 0 unspecified atom stereocenters. The number of hydrogen-bond acceptors (Lipinski definition) is 2. The summed E-state index contributed by atoms with van der Waals surface area (Å²) >= 11 is 8.08. The van der Waals surface area contributed by atoms with Crippen LogP contribution >= 0.6 is 31.9 Å². The fraction of sp³-hybridized carbons (Fsp3) is 0.129. The van der Waals surface area contributed by atoms with Crippen LogP contribution in [0.4, 0.5) is 0 Å².